The van der Waals surface area contributed by atoms with Gasteiger partial charge in [-0.15, -0.1) is 0 Å². The molecule has 0 bridgehead atoms. The summed E-state index contributed by atoms with van der Waals surface area (Å²) >= 11 is 0. The number of piperazine rings is 1. The largest absolute Gasteiger partial charge is 0.378 e. The first-order chi connectivity index (χ1) is 11.5. The molecule has 0 saturated carbocycles. The molecular formula is C17H27N5O2. The van der Waals surface area contributed by atoms with E-state index in [1.807, 2.05) is 18.0 Å². The van der Waals surface area contributed by atoms with Gasteiger partial charge in [-0.05, 0) is 19.9 Å². The Kier molecular flexibility index (Phi) is 5.01. The molecule has 2 fully saturated rings. The molecule has 7 heteroatoms. The van der Waals surface area contributed by atoms with E-state index >= 15 is 0 Å². The molecule has 1 atom stereocenters. The molecule has 24 heavy (non-hydrogen) atoms. The second-order valence-electron chi connectivity index (χ2n) is 6.93. The number of rotatable bonds is 3. The highest BCUT2D eigenvalue weighted by Crippen LogP contribution is 2.33. The Hall–Kier alpha value is -1.73. The Morgan fingerprint density at radius 3 is 2.83 bits per heavy atom. The third-order valence-electron chi connectivity index (χ3n) is 5.47. The van der Waals surface area contributed by atoms with Crippen LogP contribution in [0.4, 0.5) is 5.82 Å². The van der Waals surface area contributed by atoms with Crippen LogP contribution in [-0.4, -0.2) is 78.6 Å². The van der Waals surface area contributed by atoms with Crippen molar-refractivity contribution in [2.75, 3.05) is 52.3 Å². The highest BCUT2D eigenvalue weighted by molar-refractivity contribution is 5.76. The molecule has 1 aromatic heterocycles. The number of ether oxygens (including phenoxy) is 1. The van der Waals surface area contributed by atoms with Gasteiger partial charge in [0.1, 0.15) is 12.1 Å². The van der Waals surface area contributed by atoms with Crippen LogP contribution >= 0.6 is 0 Å². The maximum atomic E-state index is 12.1. The summed E-state index contributed by atoms with van der Waals surface area (Å²) in [6.07, 6.45) is 4.13. The van der Waals surface area contributed by atoms with Crippen molar-refractivity contribution in [1.29, 1.82) is 0 Å². The Morgan fingerprint density at radius 2 is 2.04 bits per heavy atom. The van der Waals surface area contributed by atoms with Crippen molar-refractivity contribution in [2.24, 2.45) is 0 Å². The smallest absolute Gasteiger partial charge is 0.222 e. The Labute approximate surface area is 143 Å². The van der Waals surface area contributed by atoms with Crippen LogP contribution in [0.5, 0.6) is 0 Å². The van der Waals surface area contributed by atoms with Crippen LogP contribution in [0.3, 0.4) is 0 Å². The predicted octanol–water partition coefficient (Wildman–Crippen LogP) is 0.756. The highest BCUT2D eigenvalue weighted by atomic mass is 16.5. The molecule has 7 nitrogen and oxygen atoms in total. The van der Waals surface area contributed by atoms with Crippen LogP contribution in [0.25, 0.3) is 0 Å². The maximum absolute atomic E-state index is 12.1. The zero-order chi connectivity index (χ0) is 17.2. The van der Waals surface area contributed by atoms with Gasteiger partial charge >= 0.3 is 0 Å². The SMILES string of the molecule is COCc1cc(N2CCN(C)[C@@]3(CCC(=O)N(C)CC3)C2)ncn1. The maximum Gasteiger partial charge on any atom is 0.222 e. The van der Waals surface area contributed by atoms with Crippen LogP contribution in [0.15, 0.2) is 12.4 Å². The molecule has 0 aromatic carbocycles. The first kappa shape index (κ1) is 17.1. The highest BCUT2D eigenvalue weighted by Gasteiger charge is 2.42. The van der Waals surface area contributed by atoms with Gasteiger partial charge in [-0.3, -0.25) is 9.69 Å². The molecular weight excluding hydrogens is 306 g/mol. The molecule has 0 N–H and O–H groups in total. The Balaban J connectivity index is 1.80. The third-order valence-corrected chi connectivity index (χ3v) is 5.47. The monoisotopic (exact) mass is 333 g/mol. The van der Waals surface area contributed by atoms with Crippen LogP contribution < -0.4 is 4.90 Å². The summed E-state index contributed by atoms with van der Waals surface area (Å²) in [7, 11) is 5.76. The van der Waals surface area contributed by atoms with Gasteiger partial charge in [-0.2, -0.15) is 0 Å². The minimum Gasteiger partial charge on any atom is -0.378 e. The molecule has 0 unspecified atom stereocenters. The summed E-state index contributed by atoms with van der Waals surface area (Å²) < 4.78 is 5.18. The number of carbonyl (C=O) groups excluding carboxylic acids is 1. The van der Waals surface area contributed by atoms with E-state index in [-0.39, 0.29) is 11.4 Å². The average Bonchev–Trinajstić information content (AvgIpc) is 2.73. The zero-order valence-corrected chi connectivity index (χ0v) is 14.9. The van der Waals surface area contributed by atoms with E-state index in [1.165, 1.54) is 0 Å². The van der Waals surface area contributed by atoms with E-state index in [4.69, 9.17) is 4.74 Å². The molecule has 3 heterocycles. The van der Waals surface area contributed by atoms with Crippen LogP contribution in [0.2, 0.25) is 0 Å². The zero-order valence-electron chi connectivity index (χ0n) is 14.9. The number of likely N-dealkylation sites (tertiary alicyclic amines) is 1. The number of amides is 1. The molecule has 2 saturated heterocycles. The lowest BCUT2D eigenvalue weighted by Crippen LogP contribution is -2.61. The second-order valence-corrected chi connectivity index (χ2v) is 6.93. The van der Waals surface area contributed by atoms with E-state index in [9.17, 15) is 4.79 Å². The summed E-state index contributed by atoms with van der Waals surface area (Å²) in [5, 5.41) is 0. The standard InChI is InChI=1S/C17H27N5O2/c1-20-7-6-17(5-4-16(20)23)12-22(9-8-21(17)2)15-10-14(11-24-3)18-13-19-15/h10,13H,4-9,11-12H2,1-3H3/t17-/m1/s1. The Bertz CT molecular complexity index is 596. The Morgan fingerprint density at radius 1 is 1.21 bits per heavy atom. The van der Waals surface area contributed by atoms with E-state index in [0.717, 1.165) is 50.5 Å². The number of aromatic nitrogens is 2. The number of carbonyl (C=O) groups is 1. The van der Waals surface area contributed by atoms with Gasteiger partial charge < -0.3 is 14.5 Å². The molecule has 0 radical (unpaired) electrons. The van der Waals surface area contributed by atoms with Gasteiger partial charge in [0, 0.05) is 58.4 Å². The number of anilines is 1. The summed E-state index contributed by atoms with van der Waals surface area (Å²) in [5.41, 5.74) is 0.927. The van der Waals surface area contributed by atoms with Crippen LogP contribution in [0.1, 0.15) is 25.0 Å². The van der Waals surface area contributed by atoms with E-state index < -0.39 is 0 Å². The molecule has 2 aliphatic heterocycles. The second kappa shape index (κ2) is 7.03. The van der Waals surface area contributed by atoms with Crippen molar-refractivity contribution in [3.63, 3.8) is 0 Å². The number of hydrogen-bond donors (Lipinski definition) is 0. The summed E-state index contributed by atoms with van der Waals surface area (Å²) in [4.78, 5) is 27.4. The number of likely N-dealkylation sites (N-methyl/N-ethyl adjacent to an activating group) is 1. The predicted molar refractivity (Wildman–Crippen MR) is 91.8 cm³/mol. The molecule has 0 aliphatic carbocycles. The summed E-state index contributed by atoms with van der Waals surface area (Å²) in [6, 6.07) is 2.01. The molecule has 1 amide bonds. The van der Waals surface area contributed by atoms with Crippen molar-refractivity contribution in [3.8, 4) is 0 Å². The van der Waals surface area contributed by atoms with E-state index in [1.54, 1.807) is 13.4 Å². The van der Waals surface area contributed by atoms with Gasteiger partial charge in [0.25, 0.3) is 0 Å². The first-order valence-electron chi connectivity index (χ1n) is 8.54. The lowest BCUT2D eigenvalue weighted by Gasteiger charge is -2.49. The van der Waals surface area contributed by atoms with Gasteiger partial charge in [-0.25, -0.2) is 9.97 Å². The minimum absolute atomic E-state index is 0.0328. The van der Waals surface area contributed by atoms with Crippen molar-refractivity contribution in [3.05, 3.63) is 18.1 Å². The van der Waals surface area contributed by atoms with Gasteiger partial charge in [0.2, 0.25) is 5.91 Å². The fourth-order valence-corrected chi connectivity index (χ4v) is 3.74. The van der Waals surface area contributed by atoms with Gasteiger partial charge in [-0.1, -0.05) is 0 Å². The van der Waals surface area contributed by atoms with Crippen LogP contribution in [0, 0.1) is 0 Å². The quantitative estimate of drug-likeness (QED) is 0.814. The molecule has 3 rings (SSSR count). The first-order valence-corrected chi connectivity index (χ1v) is 8.54. The van der Waals surface area contributed by atoms with Crippen molar-refractivity contribution >= 4 is 11.7 Å². The molecule has 1 spiro atoms. The number of nitrogens with zero attached hydrogens (tertiary/aromatic N) is 5. The average molecular weight is 333 g/mol. The summed E-state index contributed by atoms with van der Waals surface area (Å²) in [5.74, 6) is 1.20. The molecule has 2 aliphatic rings. The lowest BCUT2D eigenvalue weighted by atomic mass is 9.86. The van der Waals surface area contributed by atoms with Gasteiger partial charge in [0.05, 0.1) is 12.3 Å². The fraction of sp³-hybridized carbons (Fsp3) is 0.706. The van der Waals surface area contributed by atoms with Gasteiger partial charge in [0.15, 0.2) is 0 Å². The van der Waals surface area contributed by atoms with Crippen molar-refractivity contribution in [1.82, 2.24) is 19.8 Å². The normalized spacial score (nSPS) is 26.0. The molecule has 132 valence electrons. The topological polar surface area (TPSA) is 61.8 Å². The molecule has 1 aromatic rings. The minimum atomic E-state index is 0.0328. The van der Waals surface area contributed by atoms with E-state index in [0.29, 0.717) is 13.0 Å². The van der Waals surface area contributed by atoms with Crippen molar-refractivity contribution in [2.45, 2.75) is 31.4 Å². The van der Waals surface area contributed by atoms with Crippen molar-refractivity contribution < 1.29 is 9.53 Å². The number of methoxy groups -OCH3 is 1. The summed E-state index contributed by atoms with van der Waals surface area (Å²) in [6.45, 7) is 4.12. The lowest BCUT2D eigenvalue weighted by molar-refractivity contribution is -0.129. The van der Waals surface area contributed by atoms with Crippen LogP contribution in [-0.2, 0) is 16.1 Å². The fourth-order valence-electron chi connectivity index (χ4n) is 3.74. The number of hydrogen-bond acceptors (Lipinski definition) is 6. The van der Waals surface area contributed by atoms with E-state index in [2.05, 4.69) is 26.8 Å². The third kappa shape index (κ3) is 3.37.